The molecule has 0 heterocycles. The first kappa shape index (κ1) is 71.4. The van der Waals surface area contributed by atoms with Gasteiger partial charge in [0.15, 0.2) is 6.10 Å². The highest BCUT2D eigenvalue weighted by atomic mass is 16.6. The van der Waals surface area contributed by atoms with E-state index < -0.39 is 6.10 Å². The van der Waals surface area contributed by atoms with Gasteiger partial charge in [0.1, 0.15) is 13.2 Å². The Morgan fingerprint density at radius 3 is 0.781 bits per heavy atom. The molecule has 0 aliphatic rings. The molecule has 0 spiro atoms. The van der Waals surface area contributed by atoms with Gasteiger partial charge in [0.05, 0.1) is 0 Å². The van der Waals surface area contributed by atoms with Crippen LogP contribution >= 0.6 is 0 Å². The SMILES string of the molecule is CCCCCCCCCCCCCCCCCCCC(=O)OC[C@H](COC(=O)CCCCCCCCCCCCCCCC(C)C)OC(=O)CCCCCCCCCCCCCCCCCCCCC(C)CC. The van der Waals surface area contributed by atoms with Crippen molar-refractivity contribution in [2.24, 2.45) is 11.8 Å². The predicted molar refractivity (Wildman–Crippen MR) is 316 cm³/mol. The van der Waals surface area contributed by atoms with Gasteiger partial charge >= 0.3 is 17.9 Å². The summed E-state index contributed by atoms with van der Waals surface area (Å²) in [4.78, 5) is 38.4. The molecule has 2 atom stereocenters. The monoisotopic (exact) mass is 1030 g/mol. The van der Waals surface area contributed by atoms with Crippen LogP contribution in [0.25, 0.3) is 0 Å². The highest BCUT2D eigenvalue weighted by Gasteiger charge is 2.19. The Balaban J connectivity index is 4.27. The third-order valence-corrected chi connectivity index (χ3v) is 15.8. The second-order valence-corrected chi connectivity index (χ2v) is 23.8. The minimum absolute atomic E-state index is 0.0616. The molecule has 0 saturated carbocycles. The maximum atomic E-state index is 12.9. The molecular formula is C67H130O6. The smallest absolute Gasteiger partial charge is 0.306 e. The lowest BCUT2D eigenvalue weighted by Crippen LogP contribution is -2.30. The zero-order chi connectivity index (χ0) is 53.2. The zero-order valence-electron chi connectivity index (χ0n) is 50.3. The third kappa shape index (κ3) is 59.5. The molecule has 0 aromatic carbocycles. The largest absolute Gasteiger partial charge is 0.462 e. The molecular weight excluding hydrogens is 901 g/mol. The van der Waals surface area contributed by atoms with E-state index in [9.17, 15) is 14.4 Å². The lowest BCUT2D eigenvalue weighted by atomic mass is 9.99. The van der Waals surface area contributed by atoms with E-state index in [-0.39, 0.29) is 31.1 Å². The molecule has 0 aliphatic heterocycles. The van der Waals surface area contributed by atoms with Crippen LogP contribution in [0.5, 0.6) is 0 Å². The number of hydrogen-bond acceptors (Lipinski definition) is 6. The fourth-order valence-corrected chi connectivity index (χ4v) is 10.4. The van der Waals surface area contributed by atoms with E-state index in [0.717, 1.165) is 69.6 Å². The van der Waals surface area contributed by atoms with Crippen LogP contribution in [-0.2, 0) is 28.6 Å². The quantitative estimate of drug-likeness (QED) is 0.0343. The summed E-state index contributed by atoms with van der Waals surface area (Å²) in [5.74, 6) is 0.920. The van der Waals surface area contributed by atoms with Crippen LogP contribution in [0.15, 0.2) is 0 Å². The molecule has 73 heavy (non-hydrogen) atoms. The van der Waals surface area contributed by atoms with Crippen molar-refractivity contribution in [3.8, 4) is 0 Å². The van der Waals surface area contributed by atoms with Crippen molar-refractivity contribution in [2.45, 2.75) is 387 Å². The summed E-state index contributed by atoms with van der Waals surface area (Å²) in [6, 6.07) is 0. The highest BCUT2D eigenvalue weighted by molar-refractivity contribution is 5.71. The molecule has 0 radical (unpaired) electrons. The van der Waals surface area contributed by atoms with Gasteiger partial charge in [-0.2, -0.15) is 0 Å². The van der Waals surface area contributed by atoms with E-state index in [4.69, 9.17) is 14.2 Å². The maximum Gasteiger partial charge on any atom is 0.306 e. The second kappa shape index (κ2) is 59.7. The number of esters is 3. The molecule has 0 bridgehead atoms. The van der Waals surface area contributed by atoms with Crippen LogP contribution in [0.2, 0.25) is 0 Å². The minimum Gasteiger partial charge on any atom is -0.462 e. The highest BCUT2D eigenvalue weighted by Crippen LogP contribution is 2.20. The van der Waals surface area contributed by atoms with Crippen LogP contribution in [-0.4, -0.2) is 37.2 Å². The molecule has 434 valence electrons. The Bertz CT molecular complexity index is 1120. The number of ether oxygens (including phenoxy) is 3. The van der Waals surface area contributed by atoms with E-state index in [2.05, 4.69) is 34.6 Å². The topological polar surface area (TPSA) is 78.9 Å². The van der Waals surface area contributed by atoms with Gasteiger partial charge in [-0.15, -0.1) is 0 Å². The summed E-state index contributed by atoms with van der Waals surface area (Å²) in [6.45, 7) is 11.5. The van der Waals surface area contributed by atoms with E-state index >= 15 is 0 Å². The van der Waals surface area contributed by atoms with Crippen molar-refractivity contribution in [1.82, 2.24) is 0 Å². The van der Waals surface area contributed by atoms with E-state index in [1.54, 1.807) is 0 Å². The molecule has 0 aromatic heterocycles. The Kier molecular flexibility index (Phi) is 58.4. The standard InChI is InChI=1S/C67H130O6/c1-6-8-9-10-11-12-13-14-15-18-22-27-32-37-42-47-52-57-65(68)71-60-64(61-72-66(69)58-53-48-43-38-33-29-24-25-30-35-40-45-50-55-62(3)4)73-67(70)59-54-49-44-39-34-28-23-20-17-16-19-21-26-31-36-41-46-51-56-63(5)7-2/h62-64H,6-61H2,1-5H3/t63?,64-/m1/s1. The lowest BCUT2D eigenvalue weighted by Gasteiger charge is -2.18. The zero-order valence-corrected chi connectivity index (χ0v) is 50.3. The third-order valence-electron chi connectivity index (χ3n) is 15.8. The van der Waals surface area contributed by atoms with Crippen LogP contribution in [0.3, 0.4) is 0 Å². The molecule has 0 amide bonds. The molecule has 0 rings (SSSR count). The lowest BCUT2D eigenvalue weighted by molar-refractivity contribution is -0.167. The first-order chi connectivity index (χ1) is 35.8. The van der Waals surface area contributed by atoms with Gasteiger partial charge < -0.3 is 14.2 Å². The molecule has 6 heteroatoms. The van der Waals surface area contributed by atoms with Gasteiger partial charge in [0.2, 0.25) is 0 Å². The van der Waals surface area contributed by atoms with Crippen molar-refractivity contribution in [3.05, 3.63) is 0 Å². The van der Waals surface area contributed by atoms with Crippen LogP contribution in [0.1, 0.15) is 381 Å². The molecule has 0 aromatic rings. The summed E-state index contributed by atoms with van der Waals surface area (Å²) in [6.07, 6.45) is 66.7. The summed E-state index contributed by atoms with van der Waals surface area (Å²) in [7, 11) is 0. The molecule has 0 N–H and O–H groups in total. The number of carbonyl (C=O) groups excluding carboxylic acids is 3. The number of unbranched alkanes of at least 4 members (excludes halogenated alkanes) is 45. The van der Waals surface area contributed by atoms with Crippen molar-refractivity contribution in [2.75, 3.05) is 13.2 Å². The Labute approximate surface area is 457 Å². The summed E-state index contributed by atoms with van der Waals surface area (Å²) in [5.41, 5.74) is 0. The summed E-state index contributed by atoms with van der Waals surface area (Å²) < 4.78 is 17.0. The van der Waals surface area contributed by atoms with Crippen LogP contribution in [0.4, 0.5) is 0 Å². The van der Waals surface area contributed by atoms with Gasteiger partial charge in [-0.25, -0.2) is 0 Å². The average Bonchev–Trinajstić information content (AvgIpc) is 3.38. The van der Waals surface area contributed by atoms with E-state index in [0.29, 0.717) is 19.3 Å². The molecule has 6 nitrogen and oxygen atoms in total. The Hall–Kier alpha value is -1.59. The number of hydrogen-bond donors (Lipinski definition) is 0. The minimum atomic E-state index is -0.764. The molecule has 1 unspecified atom stereocenters. The van der Waals surface area contributed by atoms with E-state index in [1.165, 1.54) is 270 Å². The molecule has 0 fully saturated rings. The Morgan fingerprint density at radius 2 is 0.521 bits per heavy atom. The van der Waals surface area contributed by atoms with E-state index in [1.807, 2.05) is 0 Å². The van der Waals surface area contributed by atoms with Gasteiger partial charge in [-0.1, -0.05) is 343 Å². The van der Waals surface area contributed by atoms with Gasteiger partial charge in [0, 0.05) is 19.3 Å². The van der Waals surface area contributed by atoms with Crippen molar-refractivity contribution >= 4 is 17.9 Å². The van der Waals surface area contributed by atoms with Gasteiger partial charge in [-0.05, 0) is 31.1 Å². The van der Waals surface area contributed by atoms with Crippen LogP contribution in [0, 0.1) is 11.8 Å². The average molecular weight is 1030 g/mol. The second-order valence-electron chi connectivity index (χ2n) is 23.8. The van der Waals surface area contributed by atoms with Crippen molar-refractivity contribution in [1.29, 1.82) is 0 Å². The number of carbonyl (C=O) groups is 3. The fourth-order valence-electron chi connectivity index (χ4n) is 10.4. The summed E-state index contributed by atoms with van der Waals surface area (Å²) >= 11 is 0. The van der Waals surface area contributed by atoms with Crippen molar-refractivity contribution in [3.63, 3.8) is 0 Å². The fraction of sp³-hybridized carbons (Fsp3) is 0.955. The Morgan fingerprint density at radius 1 is 0.288 bits per heavy atom. The van der Waals surface area contributed by atoms with Gasteiger partial charge in [0.25, 0.3) is 0 Å². The maximum absolute atomic E-state index is 12.9. The molecule has 0 saturated heterocycles. The van der Waals surface area contributed by atoms with Crippen LogP contribution < -0.4 is 0 Å². The predicted octanol–water partition coefficient (Wildman–Crippen LogP) is 22.4. The van der Waals surface area contributed by atoms with Gasteiger partial charge in [-0.3, -0.25) is 14.4 Å². The normalized spacial score (nSPS) is 12.4. The summed E-state index contributed by atoms with van der Waals surface area (Å²) in [5, 5.41) is 0. The first-order valence-corrected chi connectivity index (χ1v) is 33.3. The number of rotatable bonds is 61. The molecule has 0 aliphatic carbocycles. The van der Waals surface area contributed by atoms with Crippen molar-refractivity contribution < 1.29 is 28.6 Å². The first-order valence-electron chi connectivity index (χ1n) is 33.3.